The summed E-state index contributed by atoms with van der Waals surface area (Å²) in [6, 6.07) is 5.54. The minimum atomic E-state index is 0.107. The lowest BCUT2D eigenvalue weighted by molar-refractivity contribution is -0.117. The van der Waals surface area contributed by atoms with Crippen LogP contribution in [0.4, 0.5) is 11.4 Å². The van der Waals surface area contributed by atoms with Crippen LogP contribution >= 0.6 is 0 Å². The Labute approximate surface area is 82.5 Å². The van der Waals surface area contributed by atoms with Gasteiger partial charge in [-0.3, -0.25) is 4.79 Å². The Bertz CT molecular complexity index is 376. The van der Waals surface area contributed by atoms with Gasteiger partial charge in [-0.05, 0) is 23.8 Å². The Morgan fingerprint density at radius 2 is 2.21 bits per heavy atom. The molecule has 1 aromatic rings. The van der Waals surface area contributed by atoms with Crippen molar-refractivity contribution in [1.29, 1.82) is 0 Å². The van der Waals surface area contributed by atoms with Crippen LogP contribution in [0.3, 0.4) is 0 Å². The summed E-state index contributed by atoms with van der Waals surface area (Å²) < 4.78 is 0. The molecule has 1 heterocycles. The highest BCUT2D eigenvalue weighted by atomic mass is 16.2. The van der Waals surface area contributed by atoms with Gasteiger partial charge in [0.15, 0.2) is 0 Å². The van der Waals surface area contributed by atoms with Crippen LogP contribution < -0.4 is 16.4 Å². The van der Waals surface area contributed by atoms with Crippen LogP contribution in [-0.4, -0.2) is 19.0 Å². The quantitative estimate of drug-likeness (QED) is 0.652. The first-order valence-corrected chi connectivity index (χ1v) is 4.61. The Balaban J connectivity index is 2.37. The van der Waals surface area contributed by atoms with Gasteiger partial charge in [0, 0.05) is 24.5 Å². The van der Waals surface area contributed by atoms with Crippen molar-refractivity contribution >= 4 is 17.3 Å². The first-order chi connectivity index (χ1) is 6.72. The Morgan fingerprint density at radius 1 is 1.43 bits per heavy atom. The average molecular weight is 191 g/mol. The molecule has 4 heteroatoms. The number of fused-ring (bicyclic) bond motifs is 1. The largest absolute Gasteiger partial charge is 0.399 e. The molecule has 0 saturated carbocycles. The fraction of sp³-hybridized carbons (Fsp3) is 0.300. The van der Waals surface area contributed by atoms with Crippen molar-refractivity contribution in [3.8, 4) is 0 Å². The number of hydrogen-bond acceptors (Lipinski definition) is 3. The van der Waals surface area contributed by atoms with Crippen LogP contribution in [0.15, 0.2) is 18.2 Å². The van der Waals surface area contributed by atoms with Gasteiger partial charge in [-0.1, -0.05) is 0 Å². The van der Waals surface area contributed by atoms with Gasteiger partial charge < -0.3 is 16.4 Å². The third-order valence-corrected chi connectivity index (χ3v) is 2.39. The molecule has 1 amide bonds. The highest BCUT2D eigenvalue weighted by molar-refractivity contribution is 6.01. The second-order valence-electron chi connectivity index (χ2n) is 3.40. The van der Waals surface area contributed by atoms with E-state index < -0.39 is 0 Å². The molecule has 1 aliphatic heterocycles. The number of nitrogens with zero attached hydrogens (tertiary/aromatic N) is 1. The van der Waals surface area contributed by atoms with Crippen LogP contribution in [0.5, 0.6) is 0 Å². The van der Waals surface area contributed by atoms with E-state index in [1.807, 2.05) is 12.1 Å². The molecule has 0 radical (unpaired) electrons. The zero-order chi connectivity index (χ0) is 10.1. The van der Waals surface area contributed by atoms with Crippen molar-refractivity contribution in [2.75, 3.05) is 23.7 Å². The second kappa shape index (κ2) is 3.31. The molecule has 14 heavy (non-hydrogen) atoms. The third-order valence-electron chi connectivity index (χ3n) is 2.39. The summed E-state index contributed by atoms with van der Waals surface area (Å²) in [6.07, 6.45) is 0.445. The van der Waals surface area contributed by atoms with E-state index in [0.717, 1.165) is 11.3 Å². The lowest BCUT2D eigenvalue weighted by Gasteiger charge is -2.15. The molecular formula is C10H13N3O. The number of hydrogen-bond donors (Lipinski definition) is 2. The standard InChI is InChI=1S/C10H13N3O/c11-3-4-13-9-2-1-8(12)5-7(9)6-10(13)14/h1-2,5H,3-4,6,11-12H2. The van der Waals surface area contributed by atoms with E-state index in [2.05, 4.69) is 0 Å². The first-order valence-electron chi connectivity index (χ1n) is 4.61. The van der Waals surface area contributed by atoms with Gasteiger partial charge in [0.05, 0.1) is 6.42 Å². The van der Waals surface area contributed by atoms with Crippen molar-refractivity contribution in [3.63, 3.8) is 0 Å². The number of benzene rings is 1. The number of nitrogens with two attached hydrogens (primary N) is 2. The topological polar surface area (TPSA) is 72.3 Å². The number of anilines is 2. The normalized spacial score (nSPS) is 14.6. The van der Waals surface area contributed by atoms with E-state index in [-0.39, 0.29) is 5.91 Å². The van der Waals surface area contributed by atoms with Crippen molar-refractivity contribution in [1.82, 2.24) is 0 Å². The average Bonchev–Trinajstić information content (AvgIpc) is 2.43. The molecule has 0 saturated heterocycles. The second-order valence-corrected chi connectivity index (χ2v) is 3.40. The van der Waals surface area contributed by atoms with Crippen LogP contribution in [0.2, 0.25) is 0 Å². The predicted octanol–water partition coefficient (Wildman–Crippen LogP) is 0.117. The van der Waals surface area contributed by atoms with Gasteiger partial charge in [-0.2, -0.15) is 0 Å². The number of carbonyl (C=O) groups is 1. The zero-order valence-electron chi connectivity index (χ0n) is 7.86. The zero-order valence-corrected chi connectivity index (χ0v) is 7.86. The van der Waals surface area contributed by atoms with Gasteiger partial charge in [-0.25, -0.2) is 0 Å². The predicted molar refractivity (Wildman–Crippen MR) is 56.0 cm³/mol. The Morgan fingerprint density at radius 3 is 2.93 bits per heavy atom. The number of nitrogen functional groups attached to an aromatic ring is 1. The molecule has 4 N–H and O–H groups in total. The Hall–Kier alpha value is -1.55. The molecule has 74 valence electrons. The van der Waals surface area contributed by atoms with E-state index in [0.29, 0.717) is 25.2 Å². The van der Waals surface area contributed by atoms with Gasteiger partial charge in [0.1, 0.15) is 0 Å². The summed E-state index contributed by atoms with van der Waals surface area (Å²) in [5.41, 5.74) is 13.7. The molecule has 2 rings (SSSR count). The molecule has 4 nitrogen and oxygen atoms in total. The molecule has 1 aliphatic rings. The SMILES string of the molecule is NCCN1C(=O)Cc2cc(N)ccc21. The van der Waals surface area contributed by atoms with Crippen molar-refractivity contribution in [2.24, 2.45) is 5.73 Å². The monoisotopic (exact) mass is 191 g/mol. The molecule has 0 unspecified atom stereocenters. The van der Waals surface area contributed by atoms with E-state index in [9.17, 15) is 4.79 Å². The summed E-state index contributed by atoms with van der Waals surface area (Å²) in [6.45, 7) is 1.06. The van der Waals surface area contributed by atoms with Crippen molar-refractivity contribution in [3.05, 3.63) is 23.8 Å². The van der Waals surface area contributed by atoms with Gasteiger partial charge in [0.2, 0.25) is 5.91 Å². The lowest BCUT2D eigenvalue weighted by Crippen LogP contribution is -2.31. The summed E-state index contributed by atoms with van der Waals surface area (Å²) in [7, 11) is 0. The number of rotatable bonds is 2. The molecule has 0 bridgehead atoms. The van der Waals surface area contributed by atoms with Gasteiger partial charge >= 0.3 is 0 Å². The minimum absolute atomic E-state index is 0.107. The van der Waals surface area contributed by atoms with Gasteiger partial charge in [0.25, 0.3) is 0 Å². The van der Waals surface area contributed by atoms with E-state index >= 15 is 0 Å². The highest BCUT2D eigenvalue weighted by Crippen LogP contribution is 2.29. The molecular weight excluding hydrogens is 178 g/mol. The van der Waals surface area contributed by atoms with Crippen LogP contribution in [0.25, 0.3) is 0 Å². The summed E-state index contributed by atoms with van der Waals surface area (Å²) in [5, 5.41) is 0. The molecule has 1 aromatic carbocycles. The minimum Gasteiger partial charge on any atom is -0.399 e. The van der Waals surface area contributed by atoms with Gasteiger partial charge in [-0.15, -0.1) is 0 Å². The number of amides is 1. The fourth-order valence-corrected chi connectivity index (χ4v) is 1.78. The maximum atomic E-state index is 11.6. The van der Waals surface area contributed by atoms with Crippen molar-refractivity contribution < 1.29 is 4.79 Å². The van der Waals surface area contributed by atoms with E-state index in [4.69, 9.17) is 11.5 Å². The van der Waals surface area contributed by atoms with Crippen LogP contribution in [0.1, 0.15) is 5.56 Å². The van der Waals surface area contributed by atoms with Crippen molar-refractivity contribution in [2.45, 2.75) is 6.42 Å². The maximum absolute atomic E-state index is 11.6. The molecule has 0 atom stereocenters. The highest BCUT2D eigenvalue weighted by Gasteiger charge is 2.26. The smallest absolute Gasteiger partial charge is 0.231 e. The van der Waals surface area contributed by atoms with Crippen LogP contribution in [0, 0.1) is 0 Å². The molecule has 0 aliphatic carbocycles. The molecule has 0 spiro atoms. The Kier molecular flexibility index (Phi) is 2.13. The summed E-state index contributed by atoms with van der Waals surface area (Å²) in [4.78, 5) is 13.3. The summed E-state index contributed by atoms with van der Waals surface area (Å²) in [5.74, 6) is 0.107. The summed E-state index contributed by atoms with van der Waals surface area (Å²) >= 11 is 0. The lowest BCUT2D eigenvalue weighted by atomic mass is 10.1. The molecule has 0 aromatic heterocycles. The first kappa shape index (κ1) is 9.02. The third kappa shape index (κ3) is 1.33. The molecule has 0 fully saturated rings. The van der Waals surface area contributed by atoms with E-state index in [1.54, 1.807) is 11.0 Å². The van der Waals surface area contributed by atoms with E-state index in [1.165, 1.54) is 0 Å². The maximum Gasteiger partial charge on any atom is 0.231 e. The fourth-order valence-electron chi connectivity index (χ4n) is 1.78. The van der Waals surface area contributed by atoms with Crippen LogP contribution in [-0.2, 0) is 11.2 Å². The number of carbonyl (C=O) groups excluding carboxylic acids is 1.